The van der Waals surface area contributed by atoms with Crippen LogP contribution in [-0.4, -0.2) is 27.8 Å². The minimum Gasteiger partial charge on any atom is -0.491 e. The van der Waals surface area contributed by atoms with Gasteiger partial charge in [-0.2, -0.15) is 4.37 Å². The van der Waals surface area contributed by atoms with E-state index in [-0.39, 0.29) is 11.0 Å². The molecule has 1 aromatic heterocycles. The average molecular weight is 539 g/mol. The molecule has 0 fully saturated rings. The number of aliphatic imine (C=N–C) groups is 1. The lowest BCUT2D eigenvalue weighted by atomic mass is 9.95. The predicted octanol–water partition coefficient (Wildman–Crippen LogP) is 7.49. The lowest BCUT2D eigenvalue weighted by molar-refractivity contribution is 0.242. The minimum absolute atomic E-state index is 0.148. The maximum Gasteiger partial charge on any atom is 0.323 e. The number of aromatic nitrogens is 2. The van der Waals surface area contributed by atoms with Gasteiger partial charge in [-0.15, -0.1) is 0 Å². The van der Waals surface area contributed by atoms with Crippen molar-refractivity contribution in [2.75, 3.05) is 11.4 Å². The molecule has 2 heterocycles. The van der Waals surface area contributed by atoms with Gasteiger partial charge >= 0.3 is 4.87 Å². The van der Waals surface area contributed by atoms with Crippen molar-refractivity contribution in [1.82, 2.24) is 9.36 Å². The summed E-state index contributed by atoms with van der Waals surface area (Å²) in [6.07, 6.45) is 3.03. The van der Waals surface area contributed by atoms with E-state index in [9.17, 15) is 4.79 Å². The second-order valence-corrected chi connectivity index (χ2v) is 10.8. The molecular formula is C32H34N4O2S. The molecule has 3 aromatic carbocycles. The highest BCUT2D eigenvalue weighted by molar-refractivity contribution is 7.03. The van der Waals surface area contributed by atoms with Crippen LogP contribution in [0.3, 0.4) is 0 Å². The summed E-state index contributed by atoms with van der Waals surface area (Å²) in [4.78, 5) is 21.7. The highest BCUT2D eigenvalue weighted by Gasteiger charge is 2.21. The van der Waals surface area contributed by atoms with Crippen molar-refractivity contribution < 1.29 is 4.74 Å². The van der Waals surface area contributed by atoms with Gasteiger partial charge in [0, 0.05) is 35.0 Å². The summed E-state index contributed by atoms with van der Waals surface area (Å²) >= 11 is 0.944. The minimum atomic E-state index is -0.148. The molecule has 0 saturated carbocycles. The normalized spacial score (nSPS) is 13.7. The molecule has 5 rings (SSSR count). The van der Waals surface area contributed by atoms with Gasteiger partial charge in [0.15, 0.2) is 5.82 Å². The Morgan fingerprint density at radius 2 is 1.72 bits per heavy atom. The maximum atomic E-state index is 11.7. The predicted molar refractivity (Wildman–Crippen MR) is 162 cm³/mol. The van der Waals surface area contributed by atoms with Crippen LogP contribution in [0.15, 0.2) is 93.9 Å². The number of H-pyrrole nitrogens is 1. The van der Waals surface area contributed by atoms with Crippen LogP contribution in [0, 0.1) is 0 Å². The number of ether oxygens (including phenoxy) is 1. The van der Waals surface area contributed by atoms with E-state index in [0.717, 1.165) is 71.3 Å². The van der Waals surface area contributed by atoms with Crippen LogP contribution in [0.25, 0.3) is 22.5 Å². The molecule has 0 saturated heterocycles. The van der Waals surface area contributed by atoms with Gasteiger partial charge in [-0.3, -0.25) is 9.78 Å². The average Bonchev–Trinajstić information content (AvgIpc) is 3.37. The van der Waals surface area contributed by atoms with E-state index in [0.29, 0.717) is 5.82 Å². The van der Waals surface area contributed by atoms with E-state index in [1.165, 1.54) is 16.8 Å². The molecule has 0 amide bonds. The molecule has 1 aliphatic rings. The standard InChI is InChI=1S/C32H34N4O2S/c1-5-8-30-25(20-36(22(4)33-30)26-15-17-27(18-16-26)38-21(2)3)19-23-11-13-24(14-12-23)28-9-6-7-10-29(28)31-34-32(37)39-35-31/h6-7,9-18,21H,5,8,19-20H2,1-4H3,(H,34,35,37). The monoisotopic (exact) mass is 538 g/mol. The van der Waals surface area contributed by atoms with Crippen molar-refractivity contribution in [3.63, 3.8) is 0 Å². The van der Waals surface area contributed by atoms with E-state index in [1.54, 1.807) is 0 Å². The number of hydrogen-bond acceptors (Lipinski definition) is 6. The SMILES string of the molecule is CCCC1=C(Cc2ccc(-c3ccccc3-c3nsc(=O)[nH]3)cc2)CN(c2ccc(OC(C)C)cc2)C(C)=N1. The van der Waals surface area contributed by atoms with Crippen LogP contribution in [-0.2, 0) is 6.42 Å². The largest absolute Gasteiger partial charge is 0.491 e. The molecule has 0 bridgehead atoms. The third kappa shape index (κ3) is 6.20. The number of rotatable bonds is 9. The fraction of sp³-hybridized carbons (Fsp3) is 0.281. The Morgan fingerprint density at radius 3 is 2.36 bits per heavy atom. The first kappa shape index (κ1) is 26.6. The van der Waals surface area contributed by atoms with E-state index < -0.39 is 0 Å². The van der Waals surface area contributed by atoms with Crippen LogP contribution in [0.5, 0.6) is 5.75 Å². The Balaban J connectivity index is 1.38. The fourth-order valence-electron chi connectivity index (χ4n) is 4.95. The van der Waals surface area contributed by atoms with Crippen molar-refractivity contribution in [2.24, 2.45) is 4.99 Å². The zero-order valence-electron chi connectivity index (χ0n) is 22.9. The van der Waals surface area contributed by atoms with Gasteiger partial charge in [-0.05, 0) is 80.1 Å². The van der Waals surface area contributed by atoms with Crippen LogP contribution in [0.4, 0.5) is 5.69 Å². The first-order valence-corrected chi connectivity index (χ1v) is 14.2. The zero-order valence-corrected chi connectivity index (χ0v) is 23.7. The highest BCUT2D eigenvalue weighted by Crippen LogP contribution is 2.32. The van der Waals surface area contributed by atoms with E-state index >= 15 is 0 Å². The van der Waals surface area contributed by atoms with Gasteiger partial charge in [0.1, 0.15) is 11.6 Å². The molecule has 6 nitrogen and oxygen atoms in total. The third-order valence-electron chi connectivity index (χ3n) is 6.76. The lowest BCUT2D eigenvalue weighted by Crippen LogP contribution is -2.34. The number of benzene rings is 3. The Kier molecular flexibility index (Phi) is 8.07. The van der Waals surface area contributed by atoms with Crippen LogP contribution in [0.2, 0.25) is 0 Å². The van der Waals surface area contributed by atoms with E-state index in [2.05, 4.69) is 70.6 Å². The molecule has 0 atom stereocenters. The summed E-state index contributed by atoms with van der Waals surface area (Å²) in [5.41, 5.74) is 7.98. The number of nitrogens with zero attached hydrogens (tertiary/aromatic N) is 3. The number of nitrogens with one attached hydrogen (secondary N) is 1. The number of allylic oxidation sites excluding steroid dienone is 1. The summed E-state index contributed by atoms with van der Waals surface area (Å²) < 4.78 is 10.1. The van der Waals surface area contributed by atoms with Crippen molar-refractivity contribution in [3.8, 4) is 28.3 Å². The highest BCUT2D eigenvalue weighted by atomic mass is 32.1. The number of anilines is 1. The number of aromatic amines is 1. The quantitative estimate of drug-likeness (QED) is 0.240. The molecule has 0 radical (unpaired) electrons. The Hall–Kier alpha value is -3.97. The van der Waals surface area contributed by atoms with Gasteiger partial charge in [-0.25, -0.2) is 4.99 Å². The second-order valence-electron chi connectivity index (χ2n) is 10.1. The summed E-state index contributed by atoms with van der Waals surface area (Å²) in [7, 11) is 0. The number of amidine groups is 1. The molecular weight excluding hydrogens is 504 g/mol. The van der Waals surface area contributed by atoms with Crippen molar-refractivity contribution >= 4 is 23.1 Å². The van der Waals surface area contributed by atoms with Gasteiger partial charge in [0.2, 0.25) is 0 Å². The van der Waals surface area contributed by atoms with Gasteiger partial charge < -0.3 is 9.64 Å². The third-order valence-corrected chi connectivity index (χ3v) is 7.30. The first-order valence-electron chi connectivity index (χ1n) is 13.5. The Morgan fingerprint density at radius 1 is 1.00 bits per heavy atom. The second kappa shape index (κ2) is 11.8. The van der Waals surface area contributed by atoms with Crippen LogP contribution in [0.1, 0.15) is 46.1 Å². The summed E-state index contributed by atoms with van der Waals surface area (Å²) in [6.45, 7) is 9.19. The summed E-state index contributed by atoms with van der Waals surface area (Å²) in [5.74, 6) is 2.51. The molecule has 0 aliphatic carbocycles. The van der Waals surface area contributed by atoms with Crippen LogP contribution >= 0.6 is 11.5 Å². The van der Waals surface area contributed by atoms with Gasteiger partial charge in [0.25, 0.3) is 0 Å². The van der Waals surface area contributed by atoms with E-state index in [4.69, 9.17) is 9.73 Å². The molecule has 4 aromatic rings. The van der Waals surface area contributed by atoms with Crippen molar-refractivity contribution in [3.05, 3.63) is 99.3 Å². The fourth-order valence-corrected chi connectivity index (χ4v) is 5.41. The van der Waals surface area contributed by atoms with Crippen molar-refractivity contribution in [1.29, 1.82) is 0 Å². The molecule has 200 valence electrons. The topological polar surface area (TPSA) is 70.6 Å². The Bertz CT molecular complexity index is 1550. The first-order chi connectivity index (χ1) is 18.9. The van der Waals surface area contributed by atoms with Crippen molar-refractivity contribution in [2.45, 2.75) is 53.1 Å². The molecule has 1 aliphatic heterocycles. The summed E-state index contributed by atoms with van der Waals surface area (Å²) in [5, 5.41) is 0. The zero-order chi connectivity index (χ0) is 27.4. The molecule has 39 heavy (non-hydrogen) atoms. The molecule has 0 spiro atoms. The lowest BCUT2D eigenvalue weighted by Gasteiger charge is -2.31. The van der Waals surface area contributed by atoms with E-state index in [1.807, 2.05) is 44.2 Å². The number of hydrogen-bond donors (Lipinski definition) is 1. The van der Waals surface area contributed by atoms with Gasteiger partial charge in [-0.1, -0.05) is 61.9 Å². The Labute approximate surface area is 233 Å². The van der Waals surface area contributed by atoms with Crippen LogP contribution < -0.4 is 14.5 Å². The van der Waals surface area contributed by atoms with Gasteiger partial charge in [0.05, 0.1) is 6.10 Å². The molecule has 0 unspecified atom stereocenters. The molecule has 1 N–H and O–H groups in total. The summed E-state index contributed by atoms with van der Waals surface area (Å²) in [6, 6.07) is 25.0. The molecule has 7 heteroatoms. The smallest absolute Gasteiger partial charge is 0.323 e. The maximum absolute atomic E-state index is 11.7.